The van der Waals surface area contributed by atoms with E-state index in [1.54, 1.807) is 6.26 Å². The van der Waals surface area contributed by atoms with E-state index in [0.717, 1.165) is 18.6 Å². The Morgan fingerprint density at radius 1 is 1.64 bits per heavy atom. The molecule has 0 unspecified atom stereocenters. The molecule has 1 N–H and O–H groups in total. The molecule has 1 rings (SSSR count). The average Bonchev–Trinajstić information content (AvgIpc) is 2.65. The van der Waals surface area contributed by atoms with Gasteiger partial charge in [-0.1, -0.05) is 0 Å². The SMILES string of the molecule is COCC(=O)NCCCc1ccco1. The minimum atomic E-state index is -0.0769. The van der Waals surface area contributed by atoms with Crippen LogP contribution in [0, 0.1) is 0 Å². The molecule has 4 nitrogen and oxygen atoms in total. The fourth-order valence-corrected chi connectivity index (χ4v) is 1.13. The van der Waals surface area contributed by atoms with E-state index in [0.29, 0.717) is 6.54 Å². The number of methoxy groups -OCH3 is 1. The molecule has 1 aromatic heterocycles. The number of furan rings is 1. The van der Waals surface area contributed by atoms with Crippen molar-refractivity contribution in [2.75, 3.05) is 20.3 Å². The minimum absolute atomic E-state index is 0.0769. The second-order valence-corrected chi connectivity index (χ2v) is 2.97. The fourth-order valence-electron chi connectivity index (χ4n) is 1.13. The Morgan fingerprint density at radius 3 is 3.14 bits per heavy atom. The molecule has 0 aliphatic rings. The first-order valence-electron chi connectivity index (χ1n) is 4.61. The molecule has 0 atom stereocenters. The maximum absolute atomic E-state index is 10.9. The number of carbonyl (C=O) groups is 1. The number of hydrogen-bond acceptors (Lipinski definition) is 3. The lowest BCUT2D eigenvalue weighted by molar-refractivity contribution is -0.124. The number of rotatable bonds is 6. The zero-order valence-corrected chi connectivity index (χ0v) is 8.29. The van der Waals surface area contributed by atoms with Crippen molar-refractivity contribution in [2.45, 2.75) is 12.8 Å². The van der Waals surface area contributed by atoms with Crippen molar-refractivity contribution in [1.82, 2.24) is 5.32 Å². The summed E-state index contributed by atoms with van der Waals surface area (Å²) in [4.78, 5) is 10.9. The van der Waals surface area contributed by atoms with Crippen molar-refractivity contribution in [3.05, 3.63) is 24.2 Å². The van der Waals surface area contributed by atoms with Gasteiger partial charge in [0.1, 0.15) is 12.4 Å². The first kappa shape index (κ1) is 10.8. The highest BCUT2D eigenvalue weighted by atomic mass is 16.5. The Balaban J connectivity index is 2.02. The molecule has 0 fully saturated rings. The Kier molecular flexibility index (Phi) is 4.78. The van der Waals surface area contributed by atoms with Crippen LogP contribution in [0.15, 0.2) is 22.8 Å². The van der Waals surface area contributed by atoms with Gasteiger partial charge in [0.2, 0.25) is 5.91 Å². The van der Waals surface area contributed by atoms with E-state index in [-0.39, 0.29) is 12.5 Å². The number of ether oxygens (including phenoxy) is 1. The third kappa shape index (κ3) is 4.09. The lowest BCUT2D eigenvalue weighted by Crippen LogP contribution is -2.28. The largest absolute Gasteiger partial charge is 0.469 e. The smallest absolute Gasteiger partial charge is 0.245 e. The van der Waals surface area contributed by atoms with Crippen molar-refractivity contribution >= 4 is 5.91 Å². The number of amides is 1. The highest BCUT2D eigenvalue weighted by Gasteiger charge is 1.99. The van der Waals surface area contributed by atoms with E-state index in [2.05, 4.69) is 10.1 Å². The maximum atomic E-state index is 10.9. The van der Waals surface area contributed by atoms with Gasteiger partial charge in [-0.15, -0.1) is 0 Å². The summed E-state index contributed by atoms with van der Waals surface area (Å²) in [5, 5.41) is 2.74. The maximum Gasteiger partial charge on any atom is 0.245 e. The van der Waals surface area contributed by atoms with Crippen LogP contribution in [-0.2, 0) is 16.0 Å². The van der Waals surface area contributed by atoms with Gasteiger partial charge >= 0.3 is 0 Å². The van der Waals surface area contributed by atoms with Crippen LogP contribution in [0.3, 0.4) is 0 Å². The summed E-state index contributed by atoms with van der Waals surface area (Å²) in [5.41, 5.74) is 0. The van der Waals surface area contributed by atoms with Crippen LogP contribution < -0.4 is 5.32 Å². The molecule has 1 amide bonds. The normalized spacial score (nSPS) is 10.1. The summed E-state index contributed by atoms with van der Waals surface area (Å²) in [6.07, 6.45) is 3.38. The summed E-state index contributed by atoms with van der Waals surface area (Å²) in [6.45, 7) is 0.781. The Morgan fingerprint density at radius 2 is 2.50 bits per heavy atom. The average molecular weight is 197 g/mol. The molecule has 0 aromatic carbocycles. The van der Waals surface area contributed by atoms with Crippen molar-refractivity contribution < 1.29 is 13.9 Å². The first-order valence-corrected chi connectivity index (χ1v) is 4.61. The minimum Gasteiger partial charge on any atom is -0.469 e. The van der Waals surface area contributed by atoms with E-state index in [1.165, 1.54) is 7.11 Å². The topological polar surface area (TPSA) is 51.5 Å². The summed E-state index contributed by atoms with van der Waals surface area (Å²) >= 11 is 0. The quantitative estimate of drug-likeness (QED) is 0.691. The lowest BCUT2D eigenvalue weighted by Gasteiger charge is -2.02. The number of nitrogens with one attached hydrogen (secondary N) is 1. The van der Waals surface area contributed by atoms with Gasteiger partial charge in [-0.2, -0.15) is 0 Å². The molecule has 0 aliphatic heterocycles. The summed E-state index contributed by atoms with van der Waals surface area (Å²) in [5.74, 6) is 0.873. The van der Waals surface area contributed by atoms with Gasteiger partial charge in [-0.05, 0) is 18.6 Å². The molecular formula is C10H15NO3. The Bertz CT molecular complexity index is 256. The molecule has 14 heavy (non-hydrogen) atoms. The van der Waals surface area contributed by atoms with E-state index >= 15 is 0 Å². The van der Waals surface area contributed by atoms with Crippen molar-refractivity contribution in [2.24, 2.45) is 0 Å². The predicted molar refractivity (Wildman–Crippen MR) is 51.9 cm³/mol. The zero-order chi connectivity index (χ0) is 10.2. The molecule has 1 heterocycles. The molecule has 4 heteroatoms. The van der Waals surface area contributed by atoms with Crippen LogP contribution in [0.25, 0.3) is 0 Å². The van der Waals surface area contributed by atoms with Gasteiger partial charge in [-0.25, -0.2) is 0 Å². The second kappa shape index (κ2) is 6.21. The Labute approximate surface area is 83.2 Å². The standard InChI is InChI=1S/C10H15NO3/c1-13-8-10(12)11-6-2-4-9-5-3-7-14-9/h3,5,7H,2,4,6,8H2,1H3,(H,11,12). The number of aryl methyl sites for hydroxylation is 1. The molecule has 1 aromatic rings. The van der Waals surface area contributed by atoms with Crippen LogP contribution in [0.5, 0.6) is 0 Å². The lowest BCUT2D eigenvalue weighted by atomic mass is 10.2. The van der Waals surface area contributed by atoms with Crippen LogP contribution >= 0.6 is 0 Å². The van der Waals surface area contributed by atoms with Crippen LogP contribution in [0.1, 0.15) is 12.2 Å². The van der Waals surface area contributed by atoms with Gasteiger partial charge in [-0.3, -0.25) is 4.79 Å². The van der Waals surface area contributed by atoms with E-state index in [9.17, 15) is 4.79 Å². The highest BCUT2D eigenvalue weighted by Crippen LogP contribution is 2.02. The monoisotopic (exact) mass is 197 g/mol. The number of carbonyl (C=O) groups excluding carboxylic acids is 1. The van der Waals surface area contributed by atoms with Gasteiger partial charge in [0.05, 0.1) is 6.26 Å². The Hall–Kier alpha value is -1.29. The molecular weight excluding hydrogens is 182 g/mol. The van der Waals surface area contributed by atoms with Gasteiger partial charge < -0.3 is 14.5 Å². The molecule has 0 saturated carbocycles. The first-order chi connectivity index (χ1) is 6.83. The number of hydrogen-bond donors (Lipinski definition) is 1. The van der Waals surface area contributed by atoms with Crippen molar-refractivity contribution in [1.29, 1.82) is 0 Å². The van der Waals surface area contributed by atoms with Crippen LogP contribution in [0.2, 0.25) is 0 Å². The summed E-state index contributed by atoms with van der Waals surface area (Å²) in [7, 11) is 1.50. The second-order valence-electron chi connectivity index (χ2n) is 2.97. The van der Waals surface area contributed by atoms with E-state index < -0.39 is 0 Å². The van der Waals surface area contributed by atoms with Crippen molar-refractivity contribution in [3.63, 3.8) is 0 Å². The molecule has 0 aliphatic carbocycles. The molecule has 0 spiro atoms. The predicted octanol–water partition coefficient (Wildman–Crippen LogP) is 0.975. The van der Waals surface area contributed by atoms with Gasteiger partial charge in [0, 0.05) is 20.1 Å². The molecule has 0 bridgehead atoms. The van der Waals surface area contributed by atoms with Crippen molar-refractivity contribution in [3.8, 4) is 0 Å². The summed E-state index contributed by atoms with van der Waals surface area (Å²) in [6, 6.07) is 3.79. The zero-order valence-electron chi connectivity index (χ0n) is 8.29. The van der Waals surface area contributed by atoms with E-state index in [4.69, 9.17) is 4.42 Å². The van der Waals surface area contributed by atoms with Gasteiger partial charge in [0.15, 0.2) is 0 Å². The molecule has 0 radical (unpaired) electrons. The fraction of sp³-hybridized carbons (Fsp3) is 0.500. The summed E-state index contributed by atoms with van der Waals surface area (Å²) < 4.78 is 9.83. The van der Waals surface area contributed by atoms with Crippen LogP contribution in [-0.4, -0.2) is 26.2 Å². The third-order valence-corrected chi connectivity index (χ3v) is 1.78. The van der Waals surface area contributed by atoms with Gasteiger partial charge in [0.25, 0.3) is 0 Å². The third-order valence-electron chi connectivity index (χ3n) is 1.78. The highest BCUT2D eigenvalue weighted by molar-refractivity contribution is 5.77. The molecule has 0 saturated heterocycles. The van der Waals surface area contributed by atoms with Crippen LogP contribution in [0.4, 0.5) is 0 Å². The van der Waals surface area contributed by atoms with E-state index in [1.807, 2.05) is 12.1 Å². The molecule has 78 valence electrons.